The van der Waals surface area contributed by atoms with Gasteiger partial charge in [0.1, 0.15) is 6.61 Å². The molecule has 124 valence electrons. The topological polar surface area (TPSA) is 72.9 Å². The average Bonchev–Trinajstić information content (AvgIpc) is 2.34. The van der Waals surface area contributed by atoms with E-state index in [1.54, 1.807) is 13.8 Å². The number of carbonyl (C=O) groups excluding carboxylic acids is 3. The van der Waals surface area contributed by atoms with E-state index in [1.807, 2.05) is 0 Å². The van der Waals surface area contributed by atoms with Gasteiger partial charge in [-0.2, -0.15) is 0 Å². The molecule has 6 nitrogen and oxygen atoms in total. The van der Waals surface area contributed by atoms with Gasteiger partial charge in [-0.3, -0.25) is 14.5 Å². The number of hydrogen-bond acceptors (Lipinski definition) is 5. The third-order valence-electron chi connectivity index (χ3n) is 2.59. The van der Waals surface area contributed by atoms with Crippen molar-refractivity contribution in [2.45, 2.75) is 42.6 Å². The average molecular weight is 373 g/mol. The van der Waals surface area contributed by atoms with Gasteiger partial charge in [0, 0.05) is 12.6 Å². The van der Waals surface area contributed by atoms with Gasteiger partial charge >= 0.3 is 12.1 Å². The van der Waals surface area contributed by atoms with Gasteiger partial charge in [-0.05, 0) is 19.9 Å². The first kappa shape index (κ1) is 19.1. The zero-order valence-electron chi connectivity index (χ0n) is 12.1. The number of allylic oxidation sites excluding steroid dienone is 1. The van der Waals surface area contributed by atoms with Crippen molar-refractivity contribution < 1.29 is 23.9 Å². The molecule has 0 aromatic rings. The number of alkyl halides is 3. The van der Waals surface area contributed by atoms with Crippen LogP contribution in [0.15, 0.2) is 12.3 Å². The summed E-state index contributed by atoms with van der Waals surface area (Å²) in [7, 11) is 0. The molecule has 0 aromatic heterocycles. The van der Waals surface area contributed by atoms with Crippen molar-refractivity contribution in [1.82, 2.24) is 4.90 Å². The summed E-state index contributed by atoms with van der Waals surface area (Å²) in [6.07, 6.45) is 1.24. The quantitative estimate of drug-likeness (QED) is 0.560. The number of nitrogens with zero attached hydrogens (tertiary/aromatic N) is 1. The summed E-state index contributed by atoms with van der Waals surface area (Å²) in [5.41, 5.74) is 0. The van der Waals surface area contributed by atoms with Crippen molar-refractivity contribution in [3.8, 4) is 0 Å². The molecule has 1 aliphatic heterocycles. The number of carbonyl (C=O) groups is 3. The Kier molecular flexibility index (Phi) is 6.97. The summed E-state index contributed by atoms with van der Waals surface area (Å²) in [4.78, 5) is 36.3. The van der Waals surface area contributed by atoms with Gasteiger partial charge in [0.2, 0.25) is 3.79 Å². The molecule has 0 unspecified atom stereocenters. The molecule has 0 spiro atoms. The fourth-order valence-corrected chi connectivity index (χ4v) is 1.95. The minimum Gasteiger partial charge on any atom is -0.463 e. The number of esters is 1. The highest BCUT2D eigenvalue weighted by atomic mass is 35.6. The number of halogens is 3. The smallest absolute Gasteiger partial charge is 0.414 e. The lowest BCUT2D eigenvalue weighted by molar-refractivity contribution is -0.148. The van der Waals surface area contributed by atoms with Crippen LogP contribution in [0.3, 0.4) is 0 Å². The number of ether oxygens (including phenoxy) is 2. The van der Waals surface area contributed by atoms with Gasteiger partial charge in [-0.15, -0.1) is 0 Å². The molecule has 0 bridgehead atoms. The lowest BCUT2D eigenvalue weighted by Crippen LogP contribution is -2.42. The summed E-state index contributed by atoms with van der Waals surface area (Å²) >= 11 is 16.5. The molecular formula is C13H16Cl3NO5. The molecule has 0 saturated heterocycles. The van der Waals surface area contributed by atoms with E-state index in [4.69, 9.17) is 44.3 Å². The van der Waals surface area contributed by atoms with Crippen molar-refractivity contribution >= 4 is 52.6 Å². The number of ketones is 1. The Labute approximate surface area is 143 Å². The standard InChI is InChI=1S/C13H16Cl3NO5/c1-8(2)22-11(19)6-9-5-10(18)3-4-17(9)12(20)21-7-13(14,15)16/h3-4,8-9H,5-7H2,1-2H3/t9-/m0/s1. The van der Waals surface area contributed by atoms with Crippen LogP contribution < -0.4 is 0 Å². The van der Waals surface area contributed by atoms with Crippen LogP contribution in [-0.4, -0.2) is 45.3 Å². The van der Waals surface area contributed by atoms with Crippen molar-refractivity contribution in [1.29, 1.82) is 0 Å². The molecule has 9 heteroatoms. The van der Waals surface area contributed by atoms with Crippen molar-refractivity contribution in [2.24, 2.45) is 0 Å². The molecule has 22 heavy (non-hydrogen) atoms. The lowest BCUT2D eigenvalue weighted by atomic mass is 10.0. The first-order valence-corrected chi connectivity index (χ1v) is 7.64. The summed E-state index contributed by atoms with van der Waals surface area (Å²) in [6.45, 7) is 2.96. The largest absolute Gasteiger partial charge is 0.463 e. The van der Waals surface area contributed by atoms with Crippen LogP contribution in [-0.2, 0) is 19.1 Å². The van der Waals surface area contributed by atoms with Gasteiger partial charge in [-0.25, -0.2) is 4.79 Å². The molecule has 0 aromatic carbocycles. The SMILES string of the molecule is CC(C)OC(=O)C[C@@H]1CC(=O)C=CN1C(=O)OCC(Cl)(Cl)Cl. The Hall–Kier alpha value is -0.980. The van der Waals surface area contributed by atoms with Crippen molar-refractivity contribution in [3.05, 3.63) is 12.3 Å². The van der Waals surface area contributed by atoms with E-state index in [2.05, 4.69) is 0 Å². The predicted octanol–water partition coefficient (Wildman–Crippen LogP) is 2.99. The van der Waals surface area contributed by atoms with E-state index in [9.17, 15) is 14.4 Å². The first-order valence-electron chi connectivity index (χ1n) is 6.51. The molecule has 1 atom stereocenters. The minimum absolute atomic E-state index is 0.00738. The number of hydrogen-bond donors (Lipinski definition) is 0. The highest BCUT2D eigenvalue weighted by Crippen LogP contribution is 2.27. The van der Waals surface area contributed by atoms with Crippen LogP contribution in [0, 0.1) is 0 Å². The predicted molar refractivity (Wildman–Crippen MR) is 81.9 cm³/mol. The second-order valence-corrected chi connectivity index (χ2v) is 7.48. The number of amides is 1. The van der Waals surface area contributed by atoms with Gasteiger partial charge in [-0.1, -0.05) is 34.8 Å². The van der Waals surface area contributed by atoms with Gasteiger partial charge < -0.3 is 9.47 Å². The molecule has 0 N–H and O–H groups in total. The molecule has 0 fully saturated rings. The van der Waals surface area contributed by atoms with Gasteiger partial charge in [0.05, 0.1) is 18.6 Å². The van der Waals surface area contributed by atoms with Crippen LogP contribution in [0.5, 0.6) is 0 Å². The number of rotatable bonds is 4. The van der Waals surface area contributed by atoms with Crippen LogP contribution in [0.4, 0.5) is 4.79 Å². The maximum absolute atomic E-state index is 12.0. The van der Waals surface area contributed by atoms with E-state index in [0.717, 1.165) is 4.90 Å². The molecule has 1 aliphatic rings. The lowest BCUT2D eigenvalue weighted by Gasteiger charge is -2.30. The normalized spacial score (nSPS) is 18.5. The van der Waals surface area contributed by atoms with E-state index >= 15 is 0 Å². The maximum Gasteiger partial charge on any atom is 0.414 e. The summed E-state index contributed by atoms with van der Waals surface area (Å²) in [5.74, 6) is -0.713. The Morgan fingerprint density at radius 3 is 2.59 bits per heavy atom. The Morgan fingerprint density at radius 2 is 2.05 bits per heavy atom. The van der Waals surface area contributed by atoms with E-state index < -0.39 is 28.5 Å². The second-order valence-electron chi connectivity index (χ2n) is 4.96. The molecule has 0 saturated carbocycles. The fourth-order valence-electron chi connectivity index (χ4n) is 1.79. The monoisotopic (exact) mass is 371 g/mol. The zero-order chi connectivity index (χ0) is 16.9. The Balaban J connectivity index is 2.71. The van der Waals surface area contributed by atoms with Crippen molar-refractivity contribution in [3.63, 3.8) is 0 Å². The van der Waals surface area contributed by atoms with Gasteiger partial charge in [0.25, 0.3) is 0 Å². The minimum atomic E-state index is -1.74. The zero-order valence-corrected chi connectivity index (χ0v) is 14.3. The highest BCUT2D eigenvalue weighted by molar-refractivity contribution is 6.67. The molecule has 0 radical (unpaired) electrons. The van der Waals surface area contributed by atoms with E-state index in [1.165, 1.54) is 12.3 Å². The van der Waals surface area contributed by atoms with E-state index in [-0.39, 0.29) is 24.7 Å². The van der Waals surface area contributed by atoms with E-state index in [0.29, 0.717) is 0 Å². The van der Waals surface area contributed by atoms with Gasteiger partial charge in [0.15, 0.2) is 5.78 Å². The van der Waals surface area contributed by atoms with Crippen LogP contribution in [0.25, 0.3) is 0 Å². The summed E-state index contributed by atoms with van der Waals surface area (Å²) < 4.78 is 8.13. The summed E-state index contributed by atoms with van der Waals surface area (Å²) in [5, 5.41) is 0. The van der Waals surface area contributed by atoms with Crippen LogP contribution in [0.1, 0.15) is 26.7 Å². The highest BCUT2D eigenvalue weighted by Gasteiger charge is 2.32. The molecular weight excluding hydrogens is 357 g/mol. The second kappa shape index (κ2) is 8.04. The third kappa shape index (κ3) is 6.85. The Morgan fingerprint density at radius 1 is 1.41 bits per heavy atom. The van der Waals surface area contributed by atoms with Crippen LogP contribution in [0.2, 0.25) is 0 Å². The third-order valence-corrected chi connectivity index (χ3v) is 2.92. The first-order chi connectivity index (χ1) is 10.1. The Bertz CT molecular complexity index is 473. The summed E-state index contributed by atoms with van der Waals surface area (Å²) in [6, 6.07) is -0.688. The maximum atomic E-state index is 12.0. The molecule has 1 amide bonds. The van der Waals surface area contributed by atoms with Crippen molar-refractivity contribution in [2.75, 3.05) is 6.61 Å². The molecule has 1 rings (SSSR count). The molecule has 0 aliphatic carbocycles. The molecule has 1 heterocycles. The van der Waals surface area contributed by atoms with Crippen LogP contribution >= 0.6 is 34.8 Å². The fraction of sp³-hybridized carbons (Fsp3) is 0.615.